The molecular formula is C12H21NO4. The Balaban J connectivity index is 2.86. The van der Waals surface area contributed by atoms with E-state index in [4.69, 9.17) is 0 Å². The Bertz CT molecular complexity index is 310. The molecule has 0 aromatic heterocycles. The van der Waals surface area contributed by atoms with Crippen LogP contribution < -0.4 is 5.32 Å². The largest absolute Gasteiger partial charge is 0.480 e. The molecule has 1 unspecified atom stereocenters. The van der Waals surface area contributed by atoms with Gasteiger partial charge in [0, 0.05) is 13.5 Å². The monoisotopic (exact) mass is 243 g/mol. The molecule has 1 rings (SSSR count). The standard InChI is InChI=1S/C12H21NO4/c1-11(10(15)16,9(14)13-2)8-12(17)6-4-3-5-7-12/h17H,3-8H2,1-2H3,(H,13,14)(H,15,16). The van der Waals surface area contributed by atoms with Gasteiger partial charge in [-0.05, 0) is 19.8 Å². The van der Waals surface area contributed by atoms with Crippen molar-refractivity contribution in [3.8, 4) is 0 Å². The molecule has 1 fully saturated rings. The molecule has 3 N–H and O–H groups in total. The van der Waals surface area contributed by atoms with Crippen molar-refractivity contribution in [3.63, 3.8) is 0 Å². The van der Waals surface area contributed by atoms with Crippen LogP contribution in [0.15, 0.2) is 0 Å². The highest BCUT2D eigenvalue weighted by atomic mass is 16.4. The Morgan fingerprint density at radius 2 is 1.82 bits per heavy atom. The van der Waals surface area contributed by atoms with E-state index in [9.17, 15) is 19.8 Å². The quantitative estimate of drug-likeness (QED) is 0.640. The minimum Gasteiger partial charge on any atom is -0.480 e. The molecule has 1 atom stereocenters. The molecule has 0 spiro atoms. The zero-order valence-electron chi connectivity index (χ0n) is 10.5. The Kier molecular flexibility index (Phi) is 4.14. The Morgan fingerprint density at radius 3 is 2.24 bits per heavy atom. The SMILES string of the molecule is CNC(=O)C(C)(CC1(O)CCCCC1)C(=O)O. The molecule has 1 amide bonds. The number of aliphatic carboxylic acids is 1. The number of hydrogen-bond donors (Lipinski definition) is 3. The third-order valence-corrected chi connectivity index (χ3v) is 3.67. The van der Waals surface area contributed by atoms with Gasteiger partial charge in [-0.2, -0.15) is 0 Å². The van der Waals surface area contributed by atoms with E-state index >= 15 is 0 Å². The fourth-order valence-electron chi connectivity index (χ4n) is 2.57. The molecule has 1 aliphatic carbocycles. The van der Waals surface area contributed by atoms with Crippen molar-refractivity contribution in [2.75, 3.05) is 7.05 Å². The van der Waals surface area contributed by atoms with Crippen LogP contribution in [-0.2, 0) is 9.59 Å². The molecule has 0 aromatic rings. The summed E-state index contributed by atoms with van der Waals surface area (Å²) >= 11 is 0. The summed E-state index contributed by atoms with van der Waals surface area (Å²) in [5, 5.41) is 21.9. The highest BCUT2D eigenvalue weighted by Crippen LogP contribution is 2.38. The molecule has 1 saturated carbocycles. The van der Waals surface area contributed by atoms with Crippen LogP contribution in [0.1, 0.15) is 45.4 Å². The summed E-state index contributed by atoms with van der Waals surface area (Å²) in [6.45, 7) is 1.38. The van der Waals surface area contributed by atoms with Gasteiger partial charge in [0.25, 0.3) is 0 Å². The summed E-state index contributed by atoms with van der Waals surface area (Å²) in [5.74, 6) is -1.74. The number of amides is 1. The molecule has 0 aromatic carbocycles. The molecule has 0 saturated heterocycles. The Hall–Kier alpha value is -1.10. The number of carbonyl (C=O) groups excluding carboxylic acids is 1. The van der Waals surface area contributed by atoms with Crippen molar-refractivity contribution >= 4 is 11.9 Å². The number of hydrogen-bond acceptors (Lipinski definition) is 3. The van der Waals surface area contributed by atoms with E-state index in [2.05, 4.69) is 5.32 Å². The van der Waals surface area contributed by atoms with E-state index in [0.29, 0.717) is 12.8 Å². The molecule has 5 heteroatoms. The predicted molar refractivity (Wildman–Crippen MR) is 62.5 cm³/mol. The first-order valence-corrected chi connectivity index (χ1v) is 6.02. The maximum absolute atomic E-state index is 11.7. The minimum atomic E-state index is -1.55. The normalized spacial score (nSPS) is 22.5. The van der Waals surface area contributed by atoms with E-state index < -0.39 is 22.9 Å². The number of carbonyl (C=O) groups is 2. The number of rotatable bonds is 4. The first-order chi connectivity index (χ1) is 7.84. The van der Waals surface area contributed by atoms with E-state index in [1.807, 2.05) is 0 Å². The zero-order chi connectivity index (χ0) is 13.1. The van der Waals surface area contributed by atoms with Crippen LogP contribution in [0.25, 0.3) is 0 Å². The predicted octanol–water partition coefficient (Wildman–Crippen LogP) is 0.909. The molecule has 0 aliphatic heterocycles. The number of aliphatic hydroxyl groups is 1. The average molecular weight is 243 g/mol. The average Bonchev–Trinajstić information content (AvgIpc) is 2.27. The smallest absolute Gasteiger partial charge is 0.319 e. The first-order valence-electron chi connectivity index (χ1n) is 6.02. The molecule has 1 aliphatic rings. The van der Waals surface area contributed by atoms with E-state index in [1.54, 1.807) is 0 Å². The molecule has 0 radical (unpaired) electrons. The molecule has 0 heterocycles. The van der Waals surface area contributed by atoms with Gasteiger partial charge in [-0.1, -0.05) is 19.3 Å². The Labute approximate surface area is 101 Å². The van der Waals surface area contributed by atoms with Gasteiger partial charge in [0.2, 0.25) is 5.91 Å². The van der Waals surface area contributed by atoms with Crippen LogP contribution in [-0.4, -0.2) is 34.7 Å². The molecular weight excluding hydrogens is 222 g/mol. The van der Waals surface area contributed by atoms with Gasteiger partial charge >= 0.3 is 5.97 Å². The van der Waals surface area contributed by atoms with Crippen molar-refractivity contribution in [3.05, 3.63) is 0 Å². The van der Waals surface area contributed by atoms with Crippen molar-refractivity contribution < 1.29 is 19.8 Å². The molecule has 0 bridgehead atoms. The summed E-state index contributed by atoms with van der Waals surface area (Å²) in [6, 6.07) is 0. The van der Waals surface area contributed by atoms with Gasteiger partial charge in [0.05, 0.1) is 5.60 Å². The van der Waals surface area contributed by atoms with Gasteiger partial charge < -0.3 is 15.5 Å². The Morgan fingerprint density at radius 1 is 1.29 bits per heavy atom. The zero-order valence-corrected chi connectivity index (χ0v) is 10.5. The summed E-state index contributed by atoms with van der Waals surface area (Å²) in [4.78, 5) is 23.0. The lowest BCUT2D eigenvalue weighted by Crippen LogP contribution is -2.49. The second kappa shape index (κ2) is 5.04. The van der Waals surface area contributed by atoms with Crippen LogP contribution in [0.2, 0.25) is 0 Å². The van der Waals surface area contributed by atoms with Crippen LogP contribution in [0.5, 0.6) is 0 Å². The van der Waals surface area contributed by atoms with Gasteiger partial charge in [0.1, 0.15) is 5.41 Å². The lowest BCUT2D eigenvalue weighted by molar-refractivity contribution is -0.160. The van der Waals surface area contributed by atoms with E-state index in [0.717, 1.165) is 19.3 Å². The summed E-state index contributed by atoms with van der Waals surface area (Å²) in [7, 11) is 1.41. The van der Waals surface area contributed by atoms with Gasteiger partial charge in [-0.15, -0.1) is 0 Å². The maximum atomic E-state index is 11.7. The number of carboxylic acids is 1. The third kappa shape index (κ3) is 2.97. The van der Waals surface area contributed by atoms with Crippen molar-refractivity contribution in [1.29, 1.82) is 0 Å². The van der Waals surface area contributed by atoms with Gasteiger partial charge in [-0.25, -0.2) is 0 Å². The lowest BCUT2D eigenvalue weighted by atomic mass is 9.72. The second-order valence-corrected chi connectivity index (χ2v) is 5.18. The van der Waals surface area contributed by atoms with Crippen LogP contribution in [0.4, 0.5) is 0 Å². The summed E-state index contributed by atoms with van der Waals surface area (Å²) in [6.07, 6.45) is 3.97. The van der Waals surface area contributed by atoms with Crippen molar-refractivity contribution in [2.24, 2.45) is 5.41 Å². The third-order valence-electron chi connectivity index (χ3n) is 3.67. The van der Waals surface area contributed by atoms with Crippen LogP contribution in [0, 0.1) is 5.41 Å². The van der Waals surface area contributed by atoms with E-state index in [1.165, 1.54) is 14.0 Å². The fourth-order valence-corrected chi connectivity index (χ4v) is 2.57. The molecule has 5 nitrogen and oxygen atoms in total. The maximum Gasteiger partial charge on any atom is 0.319 e. The highest BCUT2D eigenvalue weighted by Gasteiger charge is 2.47. The van der Waals surface area contributed by atoms with E-state index in [-0.39, 0.29) is 6.42 Å². The van der Waals surface area contributed by atoms with Gasteiger partial charge in [-0.3, -0.25) is 9.59 Å². The molecule has 17 heavy (non-hydrogen) atoms. The fraction of sp³-hybridized carbons (Fsp3) is 0.833. The van der Waals surface area contributed by atoms with Gasteiger partial charge in [0.15, 0.2) is 0 Å². The van der Waals surface area contributed by atoms with Crippen molar-refractivity contribution in [2.45, 2.75) is 51.0 Å². The topological polar surface area (TPSA) is 86.6 Å². The van der Waals surface area contributed by atoms with Crippen LogP contribution >= 0.6 is 0 Å². The lowest BCUT2D eigenvalue weighted by Gasteiger charge is -2.37. The summed E-state index contributed by atoms with van der Waals surface area (Å²) < 4.78 is 0. The van der Waals surface area contributed by atoms with Crippen LogP contribution in [0.3, 0.4) is 0 Å². The summed E-state index contributed by atoms with van der Waals surface area (Å²) in [5.41, 5.74) is -2.57. The second-order valence-electron chi connectivity index (χ2n) is 5.18. The number of carboxylic acid groups (broad SMARTS) is 1. The minimum absolute atomic E-state index is 0.0188. The highest BCUT2D eigenvalue weighted by molar-refractivity contribution is 6.01. The molecule has 98 valence electrons. The first kappa shape index (κ1) is 14.0. The van der Waals surface area contributed by atoms with Crippen molar-refractivity contribution in [1.82, 2.24) is 5.32 Å². The number of nitrogens with one attached hydrogen (secondary N) is 1.